The van der Waals surface area contributed by atoms with E-state index in [9.17, 15) is 4.39 Å². The van der Waals surface area contributed by atoms with Crippen LogP contribution in [0.4, 0.5) is 21.5 Å². The lowest BCUT2D eigenvalue weighted by molar-refractivity contribution is 0.341. The second-order valence-corrected chi connectivity index (χ2v) is 5.15. The molecular weight excluding hydrogens is 255 g/mol. The zero-order valence-electron chi connectivity index (χ0n) is 10.9. The van der Waals surface area contributed by atoms with Gasteiger partial charge in [0.1, 0.15) is 6.17 Å². The van der Waals surface area contributed by atoms with Crippen LogP contribution in [0.25, 0.3) is 15.7 Å². The van der Waals surface area contributed by atoms with E-state index in [4.69, 9.17) is 12.3 Å². The van der Waals surface area contributed by atoms with Crippen molar-refractivity contribution in [2.24, 2.45) is 0 Å². The molecule has 3 N–H and O–H groups in total. The summed E-state index contributed by atoms with van der Waals surface area (Å²) in [7, 11) is 0. The molecule has 1 aliphatic rings. The average Bonchev–Trinajstić information content (AvgIpc) is 2.87. The number of halogens is 1. The number of rotatable bonds is 2. The third-order valence-electron chi connectivity index (χ3n) is 3.73. The number of aromatic nitrogens is 1. The van der Waals surface area contributed by atoms with Gasteiger partial charge in [-0.2, -0.15) is 0 Å². The fourth-order valence-electron chi connectivity index (χ4n) is 2.69. The molecule has 0 radical (unpaired) electrons. The zero-order chi connectivity index (χ0) is 14.1. The molecule has 0 saturated heterocycles. The molecular formula is C15H15FN4. The number of nitrogens with zero attached hydrogens (tertiary/aromatic N) is 2. The van der Waals surface area contributed by atoms with Gasteiger partial charge in [0.15, 0.2) is 5.69 Å². The monoisotopic (exact) mass is 270 g/mol. The van der Waals surface area contributed by atoms with Gasteiger partial charge in [0, 0.05) is 11.4 Å². The Kier molecular flexibility index (Phi) is 3.15. The Bertz CT molecular complexity index is 692. The van der Waals surface area contributed by atoms with E-state index in [0.29, 0.717) is 24.2 Å². The van der Waals surface area contributed by atoms with E-state index in [2.05, 4.69) is 15.1 Å². The topological polar surface area (TPSA) is 55.3 Å². The van der Waals surface area contributed by atoms with Crippen molar-refractivity contribution in [1.29, 1.82) is 0 Å². The van der Waals surface area contributed by atoms with Crippen LogP contribution in [0.2, 0.25) is 0 Å². The smallest absolute Gasteiger partial charge is 0.188 e. The molecule has 0 bridgehead atoms. The maximum absolute atomic E-state index is 13.3. The number of benzene rings is 1. The van der Waals surface area contributed by atoms with E-state index in [-0.39, 0.29) is 6.04 Å². The summed E-state index contributed by atoms with van der Waals surface area (Å²) in [4.78, 5) is 7.69. The molecule has 0 spiro atoms. The number of hydrogen-bond acceptors (Lipinski definition) is 3. The van der Waals surface area contributed by atoms with Gasteiger partial charge in [-0.15, -0.1) is 0 Å². The SMILES string of the molecule is [C-]#[N+]c1ccc2ncc(N)c(NC3CC[C@@H](F)C3)c2c1. The Balaban J connectivity index is 2.03. The van der Waals surface area contributed by atoms with E-state index in [0.717, 1.165) is 23.0 Å². The second-order valence-electron chi connectivity index (χ2n) is 5.15. The lowest BCUT2D eigenvalue weighted by Gasteiger charge is -2.17. The van der Waals surface area contributed by atoms with Gasteiger partial charge in [-0.25, -0.2) is 9.24 Å². The molecule has 102 valence electrons. The van der Waals surface area contributed by atoms with Crippen molar-refractivity contribution in [1.82, 2.24) is 4.98 Å². The summed E-state index contributed by atoms with van der Waals surface area (Å²) in [6.07, 6.45) is 2.76. The Morgan fingerprint density at radius 3 is 2.95 bits per heavy atom. The van der Waals surface area contributed by atoms with Gasteiger partial charge in [-0.1, -0.05) is 6.07 Å². The van der Waals surface area contributed by atoms with Crippen LogP contribution in [0.15, 0.2) is 24.4 Å². The molecule has 1 saturated carbocycles. The third kappa shape index (κ3) is 2.25. The van der Waals surface area contributed by atoms with E-state index < -0.39 is 6.17 Å². The van der Waals surface area contributed by atoms with Gasteiger partial charge in [-0.3, -0.25) is 4.98 Å². The number of nitrogens with two attached hydrogens (primary N) is 1. The first kappa shape index (κ1) is 12.7. The van der Waals surface area contributed by atoms with Crippen LogP contribution in [-0.4, -0.2) is 17.2 Å². The van der Waals surface area contributed by atoms with Crippen molar-refractivity contribution in [3.63, 3.8) is 0 Å². The van der Waals surface area contributed by atoms with Crippen molar-refractivity contribution in [3.8, 4) is 0 Å². The predicted molar refractivity (Wildman–Crippen MR) is 78.6 cm³/mol. The van der Waals surface area contributed by atoms with E-state index in [1.165, 1.54) is 0 Å². The van der Waals surface area contributed by atoms with Gasteiger partial charge >= 0.3 is 0 Å². The number of nitrogens with one attached hydrogen (secondary N) is 1. The minimum absolute atomic E-state index is 0.0921. The number of nitrogen functional groups attached to an aromatic ring is 1. The van der Waals surface area contributed by atoms with E-state index in [1.807, 2.05) is 0 Å². The first-order chi connectivity index (χ1) is 9.67. The fourth-order valence-corrected chi connectivity index (χ4v) is 2.69. The molecule has 2 atom stereocenters. The maximum Gasteiger partial charge on any atom is 0.188 e. The van der Waals surface area contributed by atoms with Crippen molar-refractivity contribution >= 4 is 28.0 Å². The van der Waals surface area contributed by atoms with Crippen molar-refractivity contribution in [3.05, 3.63) is 35.8 Å². The normalized spacial score (nSPS) is 21.8. The molecule has 2 aromatic rings. The summed E-state index contributed by atoms with van der Waals surface area (Å²) in [5.74, 6) is 0. The highest BCUT2D eigenvalue weighted by Gasteiger charge is 2.25. The van der Waals surface area contributed by atoms with Gasteiger partial charge in [0.2, 0.25) is 0 Å². The number of anilines is 2. The minimum atomic E-state index is -0.736. The quantitative estimate of drug-likeness (QED) is 0.819. The van der Waals surface area contributed by atoms with Crippen LogP contribution in [0, 0.1) is 6.57 Å². The molecule has 1 aliphatic carbocycles. The van der Waals surface area contributed by atoms with Gasteiger partial charge < -0.3 is 11.1 Å². The molecule has 4 nitrogen and oxygen atoms in total. The summed E-state index contributed by atoms with van der Waals surface area (Å²) >= 11 is 0. The number of pyridine rings is 1. The summed E-state index contributed by atoms with van der Waals surface area (Å²) in [5, 5.41) is 4.15. The molecule has 5 heteroatoms. The minimum Gasteiger partial charge on any atom is -0.396 e. The second kappa shape index (κ2) is 4.97. The highest BCUT2D eigenvalue weighted by molar-refractivity contribution is 5.98. The molecule has 1 aromatic heterocycles. The lowest BCUT2D eigenvalue weighted by Crippen LogP contribution is -2.17. The van der Waals surface area contributed by atoms with Gasteiger partial charge in [0.05, 0.1) is 29.7 Å². The standard InChI is InChI=1S/C15H15FN4/c1-18-10-4-5-14-12(7-10)15(13(17)8-19-14)20-11-3-2-9(16)6-11/h4-5,7-9,11H,2-3,6,17H2,(H,19,20)/t9-,11?/m1/s1. The molecule has 1 fully saturated rings. The first-order valence-electron chi connectivity index (χ1n) is 6.63. The van der Waals surface area contributed by atoms with Crippen LogP contribution in [0.5, 0.6) is 0 Å². The summed E-state index contributed by atoms with van der Waals surface area (Å²) in [5.41, 5.74) is 8.61. The van der Waals surface area contributed by atoms with Crippen LogP contribution >= 0.6 is 0 Å². The van der Waals surface area contributed by atoms with Crippen molar-refractivity contribution in [2.75, 3.05) is 11.1 Å². The molecule has 0 amide bonds. The van der Waals surface area contributed by atoms with Crippen molar-refractivity contribution in [2.45, 2.75) is 31.5 Å². The van der Waals surface area contributed by atoms with Gasteiger partial charge in [0.25, 0.3) is 0 Å². The van der Waals surface area contributed by atoms with Crippen molar-refractivity contribution < 1.29 is 4.39 Å². The summed E-state index contributed by atoms with van der Waals surface area (Å²) < 4.78 is 13.3. The molecule has 1 aromatic carbocycles. The average molecular weight is 270 g/mol. The summed E-state index contributed by atoms with van der Waals surface area (Å²) in [6.45, 7) is 7.10. The van der Waals surface area contributed by atoms with E-state index in [1.54, 1.807) is 24.4 Å². The van der Waals surface area contributed by atoms with Crippen LogP contribution in [-0.2, 0) is 0 Å². The number of hydrogen-bond donors (Lipinski definition) is 2. The Labute approximate surface area is 116 Å². The Morgan fingerprint density at radius 2 is 2.25 bits per heavy atom. The van der Waals surface area contributed by atoms with E-state index >= 15 is 0 Å². The molecule has 1 heterocycles. The highest BCUT2D eigenvalue weighted by atomic mass is 19.1. The van der Waals surface area contributed by atoms with Gasteiger partial charge in [-0.05, 0) is 31.4 Å². The van der Waals surface area contributed by atoms with Crippen LogP contribution < -0.4 is 11.1 Å². The Morgan fingerprint density at radius 1 is 1.40 bits per heavy atom. The fraction of sp³-hybridized carbons (Fsp3) is 0.333. The lowest BCUT2D eigenvalue weighted by atomic mass is 10.1. The maximum atomic E-state index is 13.3. The van der Waals surface area contributed by atoms with Crippen LogP contribution in [0.1, 0.15) is 19.3 Å². The molecule has 1 unspecified atom stereocenters. The molecule has 20 heavy (non-hydrogen) atoms. The Hall–Kier alpha value is -2.35. The largest absolute Gasteiger partial charge is 0.396 e. The summed E-state index contributed by atoms with van der Waals surface area (Å²) in [6, 6.07) is 5.40. The third-order valence-corrected chi connectivity index (χ3v) is 3.73. The van der Waals surface area contributed by atoms with Crippen LogP contribution in [0.3, 0.4) is 0 Å². The molecule has 0 aliphatic heterocycles. The number of alkyl halides is 1. The number of fused-ring (bicyclic) bond motifs is 1. The molecule has 3 rings (SSSR count). The first-order valence-corrected chi connectivity index (χ1v) is 6.63. The highest BCUT2D eigenvalue weighted by Crippen LogP contribution is 2.34. The zero-order valence-corrected chi connectivity index (χ0v) is 10.9. The predicted octanol–water partition coefficient (Wildman–Crippen LogP) is 3.67.